The highest BCUT2D eigenvalue weighted by Gasteiger charge is 2.39. The predicted molar refractivity (Wildman–Crippen MR) is 95.6 cm³/mol. The third-order valence-corrected chi connectivity index (χ3v) is 4.79. The highest BCUT2D eigenvalue weighted by molar-refractivity contribution is 9.10. The molecule has 0 heterocycles. The van der Waals surface area contributed by atoms with E-state index >= 15 is 0 Å². The minimum Gasteiger partial charge on any atom is -0.463 e. The maximum Gasteiger partial charge on any atom is 0.337 e. The molecule has 0 radical (unpaired) electrons. The lowest BCUT2D eigenvalue weighted by atomic mass is 9.74. The number of hydrogen-bond donors (Lipinski definition) is 0. The number of hydrogen-bond acceptors (Lipinski definition) is 5. The van der Waals surface area contributed by atoms with Gasteiger partial charge >= 0.3 is 5.97 Å². The first kappa shape index (κ1) is 19.3. The second-order valence-electron chi connectivity index (χ2n) is 5.93. The lowest BCUT2D eigenvalue weighted by Gasteiger charge is -2.27. The summed E-state index contributed by atoms with van der Waals surface area (Å²) in [6, 6.07) is 7.08. The van der Waals surface area contributed by atoms with Gasteiger partial charge in [-0.05, 0) is 37.5 Å². The number of ketones is 1. The second-order valence-corrected chi connectivity index (χ2v) is 6.85. The summed E-state index contributed by atoms with van der Waals surface area (Å²) in [7, 11) is 0. The summed E-state index contributed by atoms with van der Waals surface area (Å²) in [4.78, 5) is 35.4. The van der Waals surface area contributed by atoms with Gasteiger partial charge in [0.2, 0.25) is 0 Å². The Morgan fingerprint density at radius 1 is 1.48 bits per heavy atom. The first-order valence-electron chi connectivity index (χ1n) is 8.25. The van der Waals surface area contributed by atoms with E-state index in [2.05, 4.69) is 15.9 Å². The Balaban J connectivity index is 2.53. The van der Waals surface area contributed by atoms with Gasteiger partial charge in [-0.2, -0.15) is 0 Å². The Morgan fingerprint density at radius 3 is 2.84 bits per heavy atom. The molecule has 0 aliphatic heterocycles. The van der Waals surface area contributed by atoms with Gasteiger partial charge < -0.3 is 4.74 Å². The third-order valence-electron chi connectivity index (χ3n) is 4.29. The lowest BCUT2D eigenvalue weighted by molar-refractivity contribution is -0.431. The number of allylic oxidation sites excluding steroid dienone is 1. The van der Waals surface area contributed by atoms with Crippen molar-refractivity contribution >= 4 is 27.7 Å². The average Bonchev–Trinajstić information content (AvgIpc) is 2.56. The van der Waals surface area contributed by atoms with E-state index in [4.69, 9.17) is 4.74 Å². The van der Waals surface area contributed by atoms with E-state index in [1.54, 1.807) is 25.1 Å². The maximum atomic E-state index is 12.5. The van der Waals surface area contributed by atoms with Gasteiger partial charge in [-0.3, -0.25) is 14.9 Å². The van der Waals surface area contributed by atoms with Crippen LogP contribution in [0.25, 0.3) is 0 Å². The molecule has 1 aliphatic rings. The topological polar surface area (TPSA) is 86.5 Å². The summed E-state index contributed by atoms with van der Waals surface area (Å²) in [5.74, 6) is -2.04. The van der Waals surface area contributed by atoms with E-state index in [-0.39, 0.29) is 18.1 Å². The molecular weight excluding hydrogens is 390 g/mol. The molecule has 0 saturated heterocycles. The molecule has 0 unspecified atom stereocenters. The van der Waals surface area contributed by atoms with Crippen molar-refractivity contribution in [1.29, 1.82) is 0 Å². The van der Waals surface area contributed by atoms with Crippen LogP contribution in [0, 0.1) is 16.0 Å². The van der Waals surface area contributed by atoms with Crippen molar-refractivity contribution in [2.45, 2.75) is 38.5 Å². The molecule has 25 heavy (non-hydrogen) atoms. The Bertz CT molecular complexity index is 700. The minimum absolute atomic E-state index is 0.00725. The molecule has 0 aromatic heterocycles. The highest BCUT2D eigenvalue weighted by atomic mass is 79.9. The van der Waals surface area contributed by atoms with Crippen LogP contribution < -0.4 is 0 Å². The van der Waals surface area contributed by atoms with Crippen molar-refractivity contribution in [3.63, 3.8) is 0 Å². The molecule has 0 amide bonds. The summed E-state index contributed by atoms with van der Waals surface area (Å²) in [5, 5.41) is 11.7. The highest BCUT2D eigenvalue weighted by Crippen LogP contribution is 2.39. The summed E-state index contributed by atoms with van der Waals surface area (Å²) < 4.78 is 5.59. The van der Waals surface area contributed by atoms with E-state index in [1.807, 2.05) is 6.07 Å². The van der Waals surface area contributed by atoms with Gasteiger partial charge in [-0.25, -0.2) is 4.79 Å². The van der Waals surface area contributed by atoms with E-state index in [1.165, 1.54) is 0 Å². The van der Waals surface area contributed by atoms with Crippen LogP contribution >= 0.6 is 15.9 Å². The Morgan fingerprint density at radius 2 is 2.24 bits per heavy atom. The van der Waals surface area contributed by atoms with Crippen molar-refractivity contribution in [3.05, 3.63) is 56.2 Å². The molecule has 1 aliphatic carbocycles. The normalized spacial score (nSPS) is 19.4. The number of carbonyl (C=O) groups excluding carboxylic acids is 2. The monoisotopic (exact) mass is 409 g/mol. The number of halogens is 1. The number of nitrogens with zero attached hydrogens (tertiary/aromatic N) is 1. The molecule has 1 aromatic carbocycles. The Kier molecular flexibility index (Phi) is 6.87. The van der Waals surface area contributed by atoms with Crippen LogP contribution in [0.5, 0.6) is 0 Å². The SMILES string of the molecule is CCOC(=O)/C=C(/[C@@H](c1cccc(Br)c1)[C@@H]1CCCCC1=O)[N+](=O)[O-]. The smallest absolute Gasteiger partial charge is 0.337 e. The number of benzene rings is 1. The third kappa shape index (κ3) is 4.98. The molecular formula is C18H20BrNO5. The van der Waals surface area contributed by atoms with Crippen molar-refractivity contribution in [2.24, 2.45) is 5.92 Å². The van der Waals surface area contributed by atoms with Crippen LogP contribution in [0.15, 0.2) is 40.5 Å². The van der Waals surface area contributed by atoms with Crippen molar-refractivity contribution in [2.75, 3.05) is 6.61 Å². The van der Waals surface area contributed by atoms with Crippen LogP contribution in [0.3, 0.4) is 0 Å². The predicted octanol–water partition coefficient (Wildman–Crippen LogP) is 4.02. The summed E-state index contributed by atoms with van der Waals surface area (Å²) in [6.07, 6.45) is 3.54. The average molecular weight is 410 g/mol. The fourth-order valence-electron chi connectivity index (χ4n) is 3.23. The molecule has 0 spiro atoms. The van der Waals surface area contributed by atoms with E-state index < -0.39 is 22.7 Å². The zero-order valence-corrected chi connectivity index (χ0v) is 15.5. The number of nitro groups is 1. The van der Waals surface area contributed by atoms with Gasteiger partial charge in [0.1, 0.15) is 5.78 Å². The molecule has 0 bridgehead atoms. The number of carbonyl (C=O) groups is 2. The number of Topliss-reactive ketones (excluding diaryl/α,β-unsaturated/α-hetero) is 1. The molecule has 134 valence electrons. The molecule has 2 atom stereocenters. The fourth-order valence-corrected chi connectivity index (χ4v) is 3.65. The van der Waals surface area contributed by atoms with Gasteiger partial charge in [0.25, 0.3) is 5.70 Å². The Hall–Kier alpha value is -2.02. The molecule has 7 heteroatoms. The van der Waals surface area contributed by atoms with Crippen molar-refractivity contribution in [1.82, 2.24) is 0 Å². The van der Waals surface area contributed by atoms with Crippen LogP contribution in [-0.4, -0.2) is 23.3 Å². The molecule has 1 fully saturated rings. The van der Waals surface area contributed by atoms with E-state index in [9.17, 15) is 19.7 Å². The molecule has 2 rings (SSSR count). The van der Waals surface area contributed by atoms with E-state index in [0.29, 0.717) is 18.4 Å². The summed E-state index contributed by atoms with van der Waals surface area (Å²) in [5.41, 5.74) is 0.346. The molecule has 6 nitrogen and oxygen atoms in total. The van der Waals surface area contributed by atoms with Gasteiger partial charge in [-0.1, -0.05) is 34.5 Å². The molecule has 1 aromatic rings. The van der Waals surface area contributed by atoms with Crippen LogP contribution in [0.4, 0.5) is 0 Å². The van der Waals surface area contributed by atoms with Gasteiger partial charge in [-0.15, -0.1) is 0 Å². The van der Waals surface area contributed by atoms with Crippen molar-refractivity contribution in [3.8, 4) is 0 Å². The number of esters is 1. The van der Waals surface area contributed by atoms with Gasteiger partial charge in [0.15, 0.2) is 0 Å². The second kappa shape index (κ2) is 8.89. The first-order chi connectivity index (χ1) is 11.9. The first-order valence-corrected chi connectivity index (χ1v) is 9.04. The lowest BCUT2D eigenvalue weighted by Crippen LogP contribution is -2.29. The fraction of sp³-hybridized carbons (Fsp3) is 0.444. The minimum atomic E-state index is -0.773. The zero-order chi connectivity index (χ0) is 18.4. The number of ether oxygens (including phenoxy) is 1. The van der Waals surface area contributed by atoms with Crippen LogP contribution in [0.2, 0.25) is 0 Å². The van der Waals surface area contributed by atoms with Crippen molar-refractivity contribution < 1.29 is 19.2 Å². The van der Waals surface area contributed by atoms with Crippen LogP contribution in [0.1, 0.15) is 44.1 Å². The van der Waals surface area contributed by atoms with E-state index in [0.717, 1.165) is 23.4 Å². The van der Waals surface area contributed by atoms with Crippen LogP contribution in [-0.2, 0) is 14.3 Å². The number of rotatable bonds is 6. The van der Waals surface area contributed by atoms with Gasteiger partial charge in [0, 0.05) is 16.8 Å². The zero-order valence-electron chi connectivity index (χ0n) is 13.9. The molecule has 0 N–H and O–H groups in total. The summed E-state index contributed by atoms with van der Waals surface area (Å²) in [6.45, 7) is 1.76. The quantitative estimate of drug-likeness (QED) is 0.306. The Labute approximate surface area is 154 Å². The summed E-state index contributed by atoms with van der Waals surface area (Å²) >= 11 is 3.37. The maximum absolute atomic E-state index is 12.5. The standard InChI is InChI=1S/C18H20BrNO5/c1-2-25-17(22)11-15(20(23)24)18(12-6-5-7-13(19)10-12)14-8-3-4-9-16(14)21/h5-7,10-11,14,18H,2-4,8-9H2,1H3/b15-11-/t14-,18+/m1/s1. The molecule has 1 saturated carbocycles. The van der Waals surface area contributed by atoms with Gasteiger partial charge in [0.05, 0.1) is 23.5 Å². The largest absolute Gasteiger partial charge is 0.463 e.